The summed E-state index contributed by atoms with van der Waals surface area (Å²) in [6, 6.07) is 2.32. The van der Waals surface area contributed by atoms with Gasteiger partial charge in [-0.15, -0.1) is 0 Å². The zero-order chi connectivity index (χ0) is 14.2. The van der Waals surface area contributed by atoms with Crippen LogP contribution in [-0.4, -0.2) is 54.2 Å². The molecule has 0 amide bonds. The molecule has 19 heavy (non-hydrogen) atoms. The minimum absolute atomic E-state index is 0.289. The number of carbonyl (C=O) groups is 1. The highest BCUT2D eigenvalue weighted by Crippen LogP contribution is 2.29. The molecule has 1 N–H and O–H groups in total. The number of likely N-dealkylation sites (N-methyl/N-ethyl adjacent to an activating group) is 1. The third-order valence-corrected chi connectivity index (χ3v) is 3.83. The number of anilines is 1. The molecule has 1 aromatic heterocycles. The lowest BCUT2D eigenvalue weighted by atomic mass is 10.1. The molecule has 104 valence electrons. The summed E-state index contributed by atoms with van der Waals surface area (Å²) in [6.45, 7) is 5.84. The topological polar surface area (TPSA) is 56.7 Å². The zero-order valence-electron chi connectivity index (χ0n) is 11.9. The molecule has 0 bridgehead atoms. The number of aromatic nitrogens is 1. The van der Waals surface area contributed by atoms with Crippen molar-refractivity contribution < 1.29 is 9.90 Å². The van der Waals surface area contributed by atoms with Crippen molar-refractivity contribution in [1.82, 2.24) is 9.88 Å². The van der Waals surface area contributed by atoms with E-state index in [2.05, 4.69) is 35.8 Å². The van der Waals surface area contributed by atoms with Gasteiger partial charge in [0.2, 0.25) is 0 Å². The van der Waals surface area contributed by atoms with Crippen molar-refractivity contribution in [3.05, 3.63) is 23.5 Å². The molecule has 1 aliphatic heterocycles. The van der Waals surface area contributed by atoms with Crippen LogP contribution in [0.1, 0.15) is 23.0 Å². The van der Waals surface area contributed by atoms with E-state index in [-0.39, 0.29) is 5.56 Å². The van der Waals surface area contributed by atoms with Crippen LogP contribution < -0.4 is 4.90 Å². The summed E-state index contributed by atoms with van der Waals surface area (Å²) in [5.74, 6) is -0.395. The Bertz CT molecular complexity index is 488. The smallest absolute Gasteiger partial charge is 0.339 e. The van der Waals surface area contributed by atoms with Gasteiger partial charge in [-0.1, -0.05) is 6.92 Å². The van der Waals surface area contributed by atoms with E-state index >= 15 is 0 Å². The average molecular weight is 263 g/mol. The molecule has 0 radical (unpaired) electrons. The van der Waals surface area contributed by atoms with E-state index in [1.165, 1.54) is 6.20 Å². The summed E-state index contributed by atoms with van der Waals surface area (Å²) in [5.41, 5.74) is 1.93. The monoisotopic (exact) mass is 263 g/mol. The second-order valence-electron chi connectivity index (χ2n) is 5.56. The Morgan fingerprint density at radius 3 is 2.68 bits per heavy atom. The number of pyridine rings is 1. The van der Waals surface area contributed by atoms with E-state index in [4.69, 9.17) is 0 Å². The summed E-state index contributed by atoms with van der Waals surface area (Å²) in [5, 5.41) is 9.28. The van der Waals surface area contributed by atoms with Crippen molar-refractivity contribution in [2.24, 2.45) is 5.92 Å². The summed E-state index contributed by atoms with van der Waals surface area (Å²) in [6.07, 6.45) is 1.46. The fourth-order valence-corrected chi connectivity index (χ4v) is 2.79. The minimum Gasteiger partial charge on any atom is -0.478 e. The molecule has 1 fully saturated rings. The number of hydrogen-bond donors (Lipinski definition) is 1. The van der Waals surface area contributed by atoms with Gasteiger partial charge in [-0.25, -0.2) is 4.79 Å². The second kappa shape index (κ2) is 5.17. The van der Waals surface area contributed by atoms with Crippen molar-refractivity contribution in [2.75, 3.05) is 32.1 Å². The third-order valence-electron chi connectivity index (χ3n) is 3.83. The van der Waals surface area contributed by atoms with Crippen LogP contribution in [0.3, 0.4) is 0 Å². The number of carboxylic acid groups (broad SMARTS) is 1. The molecule has 5 heteroatoms. The predicted molar refractivity (Wildman–Crippen MR) is 74.8 cm³/mol. The molecule has 0 aliphatic carbocycles. The van der Waals surface area contributed by atoms with Crippen molar-refractivity contribution in [2.45, 2.75) is 19.9 Å². The number of aromatic carboxylic acids is 1. The molecule has 2 atom stereocenters. The van der Waals surface area contributed by atoms with Gasteiger partial charge in [0.05, 0.1) is 5.69 Å². The molecule has 1 aliphatic rings. The van der Waals surface area contributed by atoms with Crippen LogP contribution in [0.5, 0.6) is 0 Å². The van der Waals surface area contributed by atoms with E-state index in [9.17, 15) is 9.90 Å². The standard InChI is InChI=1S/C14H21N3O2/c1-9-7-17(8-13(9)16(3)4)12-5-10(2)15-6-11(12)14(18)19/h5-6,9,13H,7-8H2,1-4H3,(H,18,19). The van der Waals surface area contributed by atoms with Crippen LogP contribution >= 0.6 is 0 Å². The van der Waals surface area contributed by atoms with Gasteiger partial charge in [0, 0.05) is 31.0 Å². The summed E-state index contributed by atoms with van der Waals surface area (Å²) >= 11 is 0. The minimum atomic E-state index is -0.913. The second-order valence-corrected chi connectivity index (χ2v) is 5.56. The van der Waals surface area contributed by atoms with Gasteiger partial charge in [-0.3, -0.25) is 4.98 Å². The predicted octanol–water partition coefficient (Wildman–Crippen LogP) is 1.47. The molecule has 2 heterocycles. The number of carboxylic acids is 1. The van der Waals surface area contributed by atoms with E-state index in [0.29, 0.717) is 12.0 Å². The molecule has 1 saturated heterocycles. The lowest BCUT2D eigenvalue weighted by molar-refractivity contribution is 0.0697. The Morgan fingerprint density at radius 1 is 1.47 bits per heavy atom. The Kier molecular flexibility index (Phi) is 3.75. The number of nitrogens with zero attached hydrogens (tertiary/aromatic N) is 3. The summed E-state index contributed by atoms with van der Waals surface area (Å²) in [4.78, 5) is 19.8. The van der Waals surface area contributed by atoms with E-state index in [0.717, 1.165) is 24.5 Å². The van der Waals surface area contributed by atoms with Gasteiger partial charge in [0.25, 0.3) is 0 Å². The van der Waals surface area contributed by atoms with Crippen LogP contribution in [0.25, 0.3) is 0 Å². The molecule has 0 saturated carbocycles. The van der Waals surface area contributed by atoms with Gasteiger partial charge in [-0.2, -0.15) is 0 Å². The molecule has 0 aromatic carbocycles. The van der Waals surface area contributed by atoms with Crippen molar-refractivity contribution in [3.63, 3.8) is 0 Å². The third kappa shape index (κ3) is 2.71. The molecular weight excluding hydrogens is 242 g/mol. The Morgan fingerprint density at radius 2 is 2.16 bits per heavy atom. The van der Waals surface area contributed by atoms with Crippen LogP contribution in [0.2, 0.25) is 0 Å². The van der Waals surface area contributed by atoms with Gasteiger partial charge in [-0.05, 0) is 33.0 Å². The fraction of sp³-hybridized carbons (Fsp3) is 0.571. The van der Waals surface area contributed by atoms with Crippen LogP contribution in [0.4, 0.5) is 5.69 Å². The quantitative estimate of drug-likeness (QED) is 0.895. The molecular formula is C14H21N3O2. The first kappa shape index (κ1) is 13.8. The van der Waals surface area contributed by atoms with Crippen molar-refractivity contribution in [3.8, 4) is 0 Å². The number of hydrogen-bond acceptors (Lipinski definition) is 4. The SMILES string of the molecule is Cc1cc(N2CC(C)C(N(C)C)C2)c(C(=O)O)cn1. The van der Waals surface area contributed by atoms with Gasteiger partial charge in [0.15, 0.2) is 0 Å². The maximum atomic E-state index is 11.3. The fourth-order valence-electron chi connectivity index (χ4n) is 2.79. The number of rotatable bonds is 3. The molecule has 1 aromatic rings. The highest BCUT2D eigenvalue weighted by atomic mass is 16.4. The Balaban J connectivity index is 2.33. The van der Waals surface area contributed by atoms with Crippen molar-refractivity contribution >= 4 is 11.7 Å². The molecule has 2 rings (SSSR count). The van der Waals surface area contributed by atoms with Gasteiger partial charge >= 0.3 is 5.97 Å². The first-order chi connectivity index (χ1) is 8.90. The van der Waals surface area contributed by atoms with E-state index < -0.39 is 5.97 Å². The average Bonchev–Trinajstić information content (AvgIpc) is 2.70. The Hall–Kier alpha value is -1.62. The zero-order valence-corrected chi connectivity index (χ0v) is 11.9. The number of aryl methyl sites for hydroxylation is 1. The van der Waals surface area contributed by atoms with E-state index in [1.54, 1.807) is 0 Å². The first-order valence-corrected chi connectivity index (χ1v) is 6.51. The summed E-state index contributed by atoms with van der Waals surface area (Å²) < 4.78 is 0. The van der Waals surface area contributed by atoms with Crippen LogP contribution in [0, 0.1) is 12.8 Å². The lowest BCUT2D eigenvalue weighted by Crippen LogP contribution is -2.34. The Labute approximate surface area is 113 Å². The maximum absolute atomic E-state index is 11.3. The highest BCUT2D eigenvalue weighted by Gasteiger charge is 2.32. The van der Waals surface area contributed by atoms with Gasteiger partial charge < -0.3 is 14.9 Å². The largest absolute Gasteiger partial charge is 0.478 e. The van der Waals surface area contributed by atoms with Crippen LogP contribution in [-0.2, 0) is 0 Å². The molecule has 5 nitrogen and oxygen atoms in total. The van der Waals surface area contributed by atoms with Crippen molar-refractivity contribution in [1.29, 1.82) is 0 Å². The maximum Gasteiger partial charge on any atom is 0.339 e. The molecule has 2 unspecified atom stereocenters. The van der Waals surface area contributed by atoms with Gasteiger partial charge in [0.1, 0.15) is 5.56 Å². The van der Waals surface area contributed by atoms with E-state index in [1.807, 2.05) is 13.0 Å². The van der Waals surface area contributed by atoms with Crippen LogP contribution in [0.15, 0.2) is 12.3 Å². The highest BCUT2D eigenvalue weighted by molar-refractivity contribution is 5.94. The first-order valence-electron chi connectivity index (χ1n) is 6.51. The molecule has 0 spiro atoms. The summed E-state index contributed by atoms with van der Waals surface area (Å²) in [7, 11) is 4.14. The lowest BCUT2D eigenvalue weighted by Gasteiger charge is -2.23. The normalized spacial score (nSPS) is 23.1.